The number of oxime groups is 1. The second-order valence-electron chi connectivity index (χ2n) is 4.86. The van der Waals surface area contributed by atoms with Crippen molar-refractivity contribution < 1.29 is 14.7 Å². The molecule has 0 aromatic heterocycles. The molecular weight excluding hydrogens is 242 g/mol. The number of ether oxygens (including phenoxy) is 2. The van der Waals surface area contributed by atoms with Crippen molar-refractivity contribution in [1.29, 1.82) is 0 Å². The average molecular weight is 265 g/mol. The number of hydrogen-bond acceptors (Lipinski definition) is 4. The Hall–Kier alpha value is -1.55. The van der Waals surface area contributed by atoms with Gasteiger partial charge in [0.15, 0.2) is 0 Å². The maximum absolute atomic E-state index is 8.72. The Morgan fingerprint density at radius 1 is 1.26 bits per heavy atom. The normalized spacial score (nSPS) is 11.9. The summed E-state index contributed by atoms with van der Waals surface area (Å²) in [6.07, 6.45) is 1.07. The van der Waals surface area contributed by atoms with E-state index in [0.717, 1.165) is 24.3 Å². The molecule has 1 N–H and O–H groups in total. The van der Waals surface area contributed by atoms with Crippen LogP contribution in [0.2, 0.25) is 0 Å². The minimum Gasteiger partial charge on any atom is -0.491 e. The molecule has 1 rings (SSSR count). The molecular formula is C15H23NO3. The molecule has 0 aliphatic carbocycles. The van der Waals surface area contributed by atoms with Gasteiger partial charge < -0.3 is 14.7 Å². The number of benzene rings is 1. The molecule has 0 bridgehead atoms. The van der Waals surface area contributed by atoms with E-state index >= 15 is 0 Å². The Morgan fingerprint density at radius 3 is 2.74 bits per heavy atom. The Balaban J connectivity index is 2.30. The summed E-state index contributed by atoms with van der Waals surface area (Å²) in [5.41, 5.74) is 1.42. The molecule has 106 valence electrons. The first-order chi connectivity index (χ1) is 9.13. The second kappa shape index (κ2) is 8.53. The number of nitrogens with zero attached hydrogens (tertiary/aromatic N) is 1. The van der Waals surface area contributed by atoms with Crippen molar-refractivity contribution in [2.75, 3.05) is 19.8 Å². The first-order valence-electron chi connectivity index (χ1n) is 6.63. The van der Waals surface area contributed by atoms with Gasteiger partial charge in [0.05, 0.1) is 12.3 Å². The highest BCUT2D eigenvalue weighted by molar-refractivity contribution is 5.98. The van der Waals surface area contributed by atoms with Crippen molar-refractivity contribution in [3.05, 3.63) is 29.8 Å². The van der Waals surface area contributed by atoms with Crippen LogP contribution in [0.1, 0.15) is 32.8 Å². The Labute approximate surface area is 115 Å². The topological polar surface area (TPSA) is 51.1 Å². The van der Waals surface area contributed by atoms with Crippen molar-refractivity contribution in [2.24, 2.45) is 11.1 Å². The van der Waals surface area contributed by atoms with Crippen molar-refractivity contribution in [3.8, 4) is 5.75 Å². The minimum atomic E-state index is 0.525. The molecule has 0 heterocycles. The predicted octanol–water partition coefficient (Wildman–Crippen LogP) is 3.33. The van der Waals surface area contributed by atoms with E-state index < -0.39 is 0 Å². The molecule has 0 saturated carbocycles. The summed E-state index contributed by atoms with van der Waals surface area (Å²) < 4.78 is 11.1. The highest BCUT2D eigenvalue weighted by atomic mass is 16.5. The third-order valence-electron chi connectivity index (χ3n) is 2.74. The van der Waals surface area contributed by atoms with Gasteiger partial charge >= 0.3 is 0 Å². The van der Waals surface area contributed by atoms with Gasteiger partial charge in [0.2, 0.25) is 0 Å². The summed E-state index contributed by atoms with van der Waals surface area (Å²) >= 11 is 0. The van der Waals surface area contributed by atoms with Gasteiger partial charge in [-0.3, -0.25) is 0 Å². The molecule has 19 heavy (non-hydrogen) atoms. The Morgan fingerprint density at radius 2 is 2.05 bits per heavy atom. The van der Waals surface area contributed by atoms with E-state index in [0.29, 0.717) is 24.8 Å². The van der Waals surface area contributed by atoms with Crippen molar-refractivity contribution in [1.82, 2.24) is 0 Å². The van der Waals surface area contributed by atoms with Gasteiger partial charge in [-0.1, -0.05) is 31.1 Å². The largest absolute Gasteiger partial charge is 0.491 e. The maximum Gasteiger partial charge on any atom is 0.120 e. The molecule has 0 radical (unpaired) electrons. The van der Waals surface area contributed by atoms with Crippen LogP contribution in [-0.2, 0) is 4.74 Å². The molecule has 0 unspecified atom stereocenters. The van der Waals surface area contributed by atoms with Gasteiger partial charge in [0.25, 0.3) is 0 Å². The lowest BCUT2D eigenvalue weighted by Gasteiger charge is -2.09. The summed E-state index contributed by atoms with van der Waals surface area (Å²) in [4.78, 5) is 0. The summed E-state index contributed by atoms with van der Waals surface area (Å²) in [5, 5.41) is 11.9. The molecule has 1 aromatic rings. The van der Waals surface area contributed by atoms with Crippen LogP contribution in [0.3, 0.4) is 0 Å². The SMILES string of the molecule is CC(=NO)c1cccc(OCCOCCC(C)C)c1. The zero-order chi connectivity index (χ0) is 14.1. The van der Waals surface area contributed by atoms with Gasteiger partial charge in [0, 0.05) is 12.2 Å². The summed E-state index contributed by atoms with van der Waals surface area (Å²) in [7, 11) is 0. The molecule has 0 aliphatic heterocycles. The van der Waals surface area contributed by atoms with Crippen LogP contribution in [0.15, 0.2) is 29.4 Å². The van der Waals surface area contributed by atoms with Crippen LogP contribution in [0.4, 0.5) is 0 Å². The number of rotatable bonds is 8. The third-order valence-corrected chi connectivity index (χ3v) is 2.74. The fourth-order valence-corrected chi connectivity index (χ4v) is 1.51. The van der Waals surface area contributed by atoms with E-state index in [1.54, 1.807) is 6.92 Å². The molecule has 0 aliphatic rings. The van der Waals surface area contributed by atoms with Crippen LogP contribution in [0.25, 0.3) is 0 Å². The van der Waals surface area contributed by atoms with E-state index in [1.165, 1.54) is 0 Å². The smallest absolute Gasteiger partial charge is 0.120 e. The standard InChI is InChI=1S/C15H23NO3/c1-12(2)7-8-18-9-10-19-15-6-4-5-14(11-15)13(3)16-17/h4-6,11-12,17H,7-10H2,1-3H3. The van der Waals surface area contributed by atoms with Crippen LogP contribution in [0, 0.1) is 5.92 Å². The molecule has 1 aromatic carbocycles. The average Bonchev–Trinajstić information content (AvgIpc) is 2.41. The fraction of sp³-hybridized carbons (Fsp3) is 0.533. The van der Waals surface area contributed by atoms with Crippen LogP contribution in [0.5, 0.6) is 5.75 Å². The summed E-state index contributed by atoms with van der Waals surface area (Å²) in [5.74, 6) is 1.42. The van der Waals surface area contributed by atoms with Crippen LogP contribution < -0.4 is 4.74 Å². The monoisotopic (exact) mass is 265 g/mol. The zero-order valence-corrected chi connectivity index (χ0v) is 11.9. The first kappa shape index (κ1) is 15.5. The molecule has 0 spiro atoms. The van der Waals surface area contributed by atoms with Crippen LogP contribution >= 0.6 is 0 Å². The van der Waals surface area contributed by atoms with Crippen molar-refractivity contribution >= 4 is 5.71 Å². The van der Waals surface area contributed by atoms with Gasteiger partial charge in [0.1, 0.15) is 12.4 Å². The highest BCUT2D eigenvalue weighted by Crippen LogP contribution is 2.14. The van der Waals surface area contributed by atoms with Gasteiger partial charge in [-0.05, 0) is 31.4 Å². The lowest BCUT2D eigenvalue weighted by Crippen LogP contribution is -2.09. The molecule has 0 amide bonds. The molecule has 0 fully saturated rings. The Kier molecular flexibility index (Phi) is 6.97. The van der Waals surface area contributed by atoms with Gasteiger partial charge in [-0.15, -0.1) is 0 Å². The van der Waals surface area contributed by atoms with E-state index in [1.807, 2.05) is 24.3 Å². The fourth-order valence-electron chi connectivity index (χ4n) is 1.51. The highest BCUT2D eigenvalue weighted by Gasteiger charge is 2.00. The predicted molar refractivity (Wildman–Crippen MR) is 76.2 cm³/mol. The first-order valence-corrected chi connectivity index (χ1v) is 6.63. The number of hydrogen-bond donors (Lipinski definition) is 1. The lowest BCUT2D eigenvalue weighted by molar-refractivity contribution is 0.0926. The van der Waals surface area contributed by atoms with Crippen molar-refractivity contribution in [2.45, 2.75) is 27.2 Å². The van der Waals surface area contributed by atoms with Gasteiger partial charge in [-0.25, -0.2) is 0 Å². The second-order valence-corrected chi connectivity index (χ2v) is 4.86. The molecule has 0 saturated heterocycles. The Bertz CT molecular complexity index is 402. The summed E-state index contributed by atoms with van der Waals surface area (Å²) in [6.45, 7) is 7.99. The van der Waals surface area contributed by atoms with E-state index in [-0.39, 0.29) is 0 Å². The van der Waals surface area contributed by atoms with Crippen LogP contribution in [-0.4, -0.2) is 30.7 Å². The summed E-state index contributed by atoms with van der Waals surface area (Å²) in [6, 6.07) is 7.48. The zero-order valence-electron chi connectivity index (χ0n) is 11.9. The molecule has 0 atom stereocenters. The van der Waals surface area contributed by atoms with E-state index in [9.17, 15) is 0 Å². The van der Waals surface area contributed by atoms with E-state index in [4.69, 9.17) is 14.7 Å². The maximum atomic E-state index is 8.72. The molecule has 4 nitrogen and oxygen atoms in total. The third kappa shape index (κ3) is 6.25. The van der Waals surface area contributed by atoms with E-state index in [2.05, 4.69) is 19.0 Å². The minimum absolute atomic E-state index is 0.525. The van der Waals surface area contributed by atoms with Crippen molar-refractivity contribution in [3.63, 3.8) is 0 Å². The van der Waals surface area contributed by atoms with Gasteiger partial charge in [-0.2, -0.15) is 0 Å². The molecule has 4 heteroatoms. The lowest BCUT2D eigenvalue weighted by atomic mass is 10.1. The quantitative estimate of drug-likeness (QED) is 0.339.